The van der Waals surface area contributed by atoms with Crippen LogP contribution in [0.3, 0.4) is 0 Å². The number of guanidine groups is 1. The minimum Gasteiger partial charge on any atom is -0.369 e. The van der Waals surface area contributed by atoms with Gasteiger partial charge in [0, 0.05) is 37.1 Å². The van der Waals surface area contributed by atoms with Gasteiger partial charge >= 0.3 is 0 Å². The molecule has 2 aromatic rings. The summed E-state index contributed by atoms with van der Waals surface area (Å²) in [7, 11) is 0. The fourth-order valence-corrected chi connectivity index (χ4v) is 3.14. The first-order chi connectivity index (χ1) is 13.2. The molecule has 0 aliphatic carbocycles. The highest BCUT2D eigenvalue weighted by Crippen LogP contribution is 2.19. The minimum absolute atomic E-state index is 0.0827. The topological polar surface area (TPSA) is 68.8 Å². The van der Waals surface area contributed by atoms with E-state index in [0.29, 0.717) is 12.0 Å². The molecule has 1 atom stereocenters. The van der Waals surface area contributed by atoms with Crippen LogP contribution in [0.15, 0.2) is 65.7 Å². The Labute approximate surface area is 160 Å². The fourth-order valence-electron chi connectivity index (χ4n) is 3.14. The summed E-state index contributed by atoms with van der Waals surface area (Å²) in [6, 6.07) is 20.2. The van der Waals surface area contributed by atoms with Crippen molar-refractivity contribution in [3.05, 3.63) is 60.7 Å². The molecule has 3 N–H and O–H groups in total. The molecule has 0 bridgehead atoms. The van der Waals surface area contributed by atoms with Gasteiger partial charge in [0.25, 0.3) is 0 Å². The molecule has 0 radical (unpaired) electrons. The van der Waals surface area contributed by atoms with Crippen molar-refractivity contribution in [2.75, 3.05) is 36.4 Å². The zero-order valence-electron chi connectivity index (χ0n) is 15.7. The second-order valence-corrected chi connectivity index (χ2v) is 6.52. The van der Waals surface area contributed by atoms with Crippen LogP contribution in [-0.2, 0) is 4.79 Å². The van der Waals surface area contributed by atoms with Gasteiger partial charge in [0.05, 0.1) is 0 Å². The molecule has 1 aliphatic rings. The highest BCUT2D eigenvalue weighted by molar-refractivity contribution is 5.94. The van der Waals surface area contributed by atoms with E-state index in [2.05, 4.69) is 50.1 Å². The van der Waals surface area contributed by atoms with E-state index in [9.17, 15) is 4.79 Å². The van der Waals surface area contributed by atoms with Crippen molar-refractivity contribution >= 4 is 23.2 Å². The van der Waals surface area contributed by atoms with Crippen LogP contribution in [0.1, 0.15) is 13.3 Å². The van der Waals surface area contributed by atoms with Crippen LogP contribution < -0.4 is 20.9 Å². The van der Waals surface area contributed by atoms with Gasteiger partial charge in [-0.05, 0) is 37.6 Å². The standard InChI is InChI=1S/C21H27N5O/c1-2-22-21(23-15-20(27)24-17-9-5-3-6-10-17)25-18-13-14-26(16-18)19-11-7-4-8-12-19/h3-12,18H,2,13-16H2,1H3,(H,24,27)(H2,22,23,25). The summed E-state index contributed by atoms with van der Waals surface area (Å²) < 4.78 is 0. The first-order valence-corrected chi connectivity index (χ1v) is 9.44. The largest absolute Gasteiger partial charge is 0.369 e. The predicted octanol–water partition coefficient (Wildman–Crippen LogP) is 2.46. The van der Waals surface area contributed by atoms with Crippen LogP contribution in [0.2, 0.25) is 0 Å². The lowest BCUT2D eigenvalue weighted by Crippen LogP contribution is -2.45. The Kier molecular flexibility index (Phi) is 6.68. The van der Waals surface area contributed by atoms with Crippen molar-refractivity contribution < 1.29 is 4.79 Å². The van der Waals surface area contributed by atoms with E-state index in [1.54, 1.807) is 0 Å². The van der Waals surface area contributed by atoms with Crippen molar-refractivity contribution in [2.45, 2.75) is 19.4 Å². The molecule has 3 rings (SSSR count). The molecule has 6 heteroatoms. The normalized spacial score (nSPS) is 16.9. The number of aliphatic imine (C=N–C) groups is 1. The first-order valence-electron chi connectivity index (χ1n) is 9.44. The number of hydrogen-bond acceptors (Lipinski definition) is 3. The summed E-state index contributed by atoms with van der Waals surface area (Å²) >= 11 is 0. The van der Waals surface area contributed by atoms with Crippen molar-refractivity contribution in [2.24, 2.45) is 4.99 Å². The Balaban J connectivity index is 1.52. The van der Waals surface area contributed by atoms with E-state index in [0.717, 1.165) is 31.7 Å². The van der Waals surface area contributed by atoms with E-state index in [1.807, 2.05) is 43.3 Å². The van der Waals surface area contributed by atoms with Crippen molar-refractivity contribution in [3.63, 3.8) is 0 Å². The number of carbonyl (C=O) groups is 1. The van der Waals surface area contributed by atoms with Gasteiger partial charge in [-0.2, -0.15) is 0 Å². The zero-order valence-corrected chi connectivity index (χ0v) is 15.7. The highest BCUT2D eigenvalue weighted by atomic mass is 16.1. The molecule has 0 spiro atoms. The Morgan fingerprint density at radius 2 is 1.81 bits per heavy atom. The summed E-state index contributed by atoms with van der Waals surface area (Å²) in [6.07, 6.45) is 1.04. The molecule has 0 aromatic heterocycles. The van der Waals surface area contributed by atoms with Crippen LogP contribution in [0.5, 0.6) is 0 Å². The SMILES string of the molecule is CCNC(=NCC(=O)Nc1ccccc1)NC1CCN(c2ccccc2)C1. The lowest BCUT2D eigenvalue weighted by Gasteiger charge is -2.20. The monoisotopic (exact) mass is 365 g/mol. The van der Waals surface area contributed by atoms with Crippen LogP contribution >= 0.6 is 0 Å². The molecule has 27 heavy (non-hydrogen) atoms. The molecule has 1 amide bonds. The van der Waals surface area contributed by atoms with E-state index < -0.39 is 0 Å². The fraction of sp³-hybridized carbons (Fsp3) is 0.333. The number of hydrogen-bond donors (Lipinski definition) is 3. The van der Waals surface area contributed by atoms with E-state index in [-0.39, 0.29) is 12.5 Å². The number of nitrogens with zero attached hydrogens (tertiary/aromatic N) is 2. The molecule has 1 saturated heterocycles. The molecule has 142 valence electrons. The Hall–Kier alpha value is -3.02. The summed E-state index contributed by atoms with van der Waals surface area (Å²) in [6.45, 7) is 4.78. The van der Waals surface area contributed by atoms with Crippen molar-refractivity contribution in [3.8, 4) is 0 Å². The maximum absolute atomic E-state index is 12.1. The molecule has 0 saturated carbocycles. The lowest BCUT2D eigenvalue weighted by atomic mass is 10.3. The van der Waals surface area contributed by atoms with Gasteiger partial charge in [0.2, 0.25) is 5.91 Å². The van der Waals surface area contributed by atoms with Crippen LogP contribution in [0.25, 0.3) is 0 Å². The summed E-state index contributed by atoms with van der Waals surface area (Å²) in [5.74, 6) is 0.552. The van der Waals surface area contributed by atoms with E-state index in [1.165, 1.54) is 5.69 Å². The average Bonchev–Trinajstić information content (AvgIpc) is 3.16. The molecule has 1 aliphatic heterocycles. The second kappa shape index (κ2) is 9.62. The van der Waals surface area contributed by atoms with Crippen LogP contribution in [-0.4, -0.2) is 44.1 Å². The molecular weight excluding hydrogens is 338 g/mol. The van der Waals surface area contributed by atoms with Gasteiger partial charge in [-0.1, -0.05) is 36.4 Å². The number of anilines is 2. The molecule has 1 fully saturated rings. The Morgan fingerprint density at radius 1 is 1.11 bits per heavy atom. The van der Waals surface area contributed by atoms with Gasteiger partial charge in [-0.15, -0.1) is 0 Å². The lowest BCUT2D eigenvalue weighted by molar-refractivity contribution is -0.114. The number of para-hydroxylation sites is 2. The van der Waals surface area contributed by atoms with Crippen LogP contribution in [0.4, 0.5) is 11.4 Å². The third-order valence-corrected chi connectivity index (χ3v) is 4.43. The summed E-state index contributed by atoms with van der Waals surface area (Å²) in [5, 5.41) is 9.53. The molecule has 6 nitrogen and oxygen atoms in total. The number of nitrogens with one attached hydrogen (secondary N) is 3. The third kappa shape index (κ3) is 5.74. The maximum atomic E-state index is 12.1. The zero-order chi connectivity index (χ0) is 18.9. The van der Waals surface area contributed by atoms with Crippen LogP contribution in [0, 0.1) is 0 Å². The minimum atomic E-state index is -0.129. The number of benzene rings is 2. The highest BCUT2D eigenvalue weighted by Gasteiger charge is 2.23. The smallest absolute Gasteiger partial charge is 0.246 e. The molecule has 1 unspecified atom stereocenters. The van der Waals surface area contributed by atoms with Gasteiger partial charge < -0.3 is 20.9 Å². The van der Waals surface area contributed by atoms with E-state index >= 15 is 0 Å². The third-order valence-electron chi connectivity index (χ3n) is 4.43. The van der Waals surface area contributed by atoms with Gasteiger partial charge in [0.1, 0.15) is 6.54 Å². The summed E-state index contributed by atoms with van der Waals surface area (Å²) in [4.78, 5) is 18.9. The van der Waals surface area contributed by atoms with Crippen molar-refractivity contribution in [1.29, 1.82) is 0 Å². The molecule has 1 heterocycles. The average molecular weight is 365 g/mol. The summed E-state index contributed by atoms with van der Waals surface area (Å²) in [5.41, 5.74) is 2.02. The Bertz CT molecular complexity index is 748. The Morgan fingerprint density at radius 3 is 2.52 bits per heavy atom. The van der Waals surface area contributed by atoms with Gasteiger partial charge in [0.15, 0.2) is 5.96 Å². The maximum Gasteiger partial charge on any atom is 0.246 e. The number of rotatable bonds is 6. The van der Waals surface area contributed by atoms with Gasteiger partial charge in [-0.25, -0.2) is 4.99 Å². The quantitative estimate of drug-likeness (QED) is 0.543. The van der Waals surface area contributed by atoms with E-state index in [4.69, 9.17) is 0 Å². The first kappa shape index (κ1) is 18.8. The predicted molar refractivity (Wildman–Crippen MR) is 111 cm³/mol. The van der Waals surface area contributed by atoms with Crippen molar-refractivity contribution in [1.82, 2.24) is 10.6 Å². The van der Waals surface area contributed by atoms with Gasteiger partial charge in [-0.3, -0.25) is 4.79 Å². The number of carbonyl (C=O) groups excluding carboxylic acids is 1. The molecule has 2 aromatic carbocycles. The number of amides is 1. The second-order valence-electron chi connectivity index (χ2n) is 6.52. The molecular formula is C21H27N5O.